The largest absolute Gasteiger partial charge is 0.368 e. The molecule has 0 aliphatic carbocycles. The summed E-state index contributed by atoms with van der Waals surface area (Å²) in [6.45, 7) is 1.73. The van der Waals surface area contributed by atoms with Crippen LogP contribution in [-0.2, 0) is 13.0 Å². The molecule has 7 heteroatoms. The van der Waals surface area contributed by atoms with Gasteiger partial charge in [-0.2, -0.15) is 15.1 Å². The predicted octanol–water partition coefficient (Wildman–Crippen LogP) is 2.98. The van der Waals surface area contributed by atoms with Crippen LogP contribution in [0.5, 0.6) is 0 Å². The van der Waals surface area contributed by atoms with Crippen molar-refractivity contribution < 1.29 is 0 Å². The second kappa shape index (κ2) is 6.84. The van der Waals surface area contributed by atoms with Gasteiger partial charge in [0.1, 0.15) is 5.82 Å². The Bertz CT molecular complexity index is 1110. The van der Waals surface area contributed by atoms with E-state index in [1.807, 2.05) is 6.07 Å². The number of nitrogen functional groups attached to an aromatic ring is 1. The van der Waals surface area contributed by atoms with E-state index in [2.05, 4.69) is 78.9 Å². The van der Waals surface area contributed by atoms with Gasteiger partial charge in [0, 0.05) is 24.8 Å². The Morgan fingerprint density at radius 1 is 1.07 bits per heavy atom. The first-order chi connectivity index (χ1) is 13.8. The number of H-pyrrole nitrogens is 1. The first kappa shape index (κ1) is 16.6. The third-order valence-electron chi connectivity index (χ3n) is 5.12. The number of nitrogens with one attached hydrogen (secondary N) is 2. The maximum Gasteiger partial charge on any atom is 0.224 e. The van der Waals surface area contributed by atoms with Crippen LogP contribution in [0.3, 0.4) is 0 Å². The number of nitrogens with zero attached hydrogens (tertiary/aromatic N) is 4. The molecule has 140 valence electrons. The molecule has 0 saturated heterocycles. The molecule has 4 N–H and O–H groups in total. The zero-order valence-corrected chi connectivity index (χ0v) is 15.3. The lowest BCUT2D eigenvalue weighted by Gasteiger charge is -2.37. The highest BCUT2D eigenvalue weighted by atomic mass is 15.2. The van der Waals surface area contributed by atoms with Gasteiger partial charge in [-0.05, 0) is 23.6 Å². The summed E-state index contributed by atoms with van der Waals surface area (Å²) >= 11 is 0. The van der Waals surface area contributed by atoms with E-state index < -0.39 is 0 Å². The Morgan fingerprint density at radius 2 is 1.89 bits per heavy atom. The molecule has 1 unspecified atom stereocenters. The molecule has 1 atom stereocenters. The minimum absolute atomic E-state index is 0.200. The molecule has 1 aliphatic heterocycles. The lowest BCUT2D eigenvalue weighted by molar-refractivity contribution is 0.628. The molecule has 0 fully saturated rings. The van der Waals surface area contributed by atoms with Gasteiger partial charge in [-0.25, -0.2) is 0 Å². The first-order valence-corrected chi connectivity index (χ1v) is 9.36. The third-order valence-corrected chi connectivity index (χ3v) is 5.12. The summed E-state index contributed by atoms with van der Waals surface area (Å²) in [7, 11) is 0. The molecule has 5 rings (SSSR count). The standard InChI is InChI=1S/C21H21N7/c22-21-25-19(17-11-23-27-20(17)26-21)24-16-10-15-8-4-5-9-18(15)28(13-16)12-14-6-2-1-3-7-14/h1-9,11,16H,10,12-13H2,(H4,22,23,24,25,26,27). The highest BCUT2D eigenvalue weighted by Gasteiger charge is 2.25. The van der Waals surface area contributed by atoms with Gasteiger partial charge in [-0.1, -0.05) is 48.5 Å². The molecule has 0 amide bonds. The number of aromatic amines is 1. The summed E-state index contributed by atoms with van der Waals surface area (Å²) < 4.78 is 0. The van der Waals surface area contributed by atoms with Gasteiger partial charge in [0.15, 0.2) is 5.65 Å². The van der Waals surface area contributed by atoms with Crippen molar-refractivity contribution in [3.05, 3.63) is 71.9 Å². The smallest absolute Gasteiger partial charge is 0.224 e. The zero-order chi connectivity index (χ0) is 18.9. The normalized spacial score (nSPS) is 16.1. The lowest BCUT2D eigenvalue weighted by atomic mass is 9.97. The second-order valence-electron chi connectivity index (χ2n) is 7.10. The molecular formula is C21H21N7. The van der Waals surface area contributed by atoms with E-state index in [1.165, 1.54) is 16.8 Å². The predicted molar refractivity (Wildman–Crippen MR) is 111 cm³/mol. The SMILES string of the molecule is Nc1nc(NC2Cc3ccccc3N(Cc3ccccc3)C2)c2cn[nH]c2n1. The fourth-order valence-electron chi connectivity index (χ4n) is 3.89. The molecule has 1 aliphatic rings. The van der Waals surface area contributed by atoms with Crippen LogP contribution in [0.15, 0.2) is 60.8 Å². The van der Waals surface area contributed by atoms with Crippen molar-refractivity contribution in [2.24, 2.45) is 0 Å². The Labute approximate surface area is 162 Å². The highest BCUT2D eigenvalue weighted by molar-refractivity contribution is 5.87. The van der Waals surface area contributed by atoms with Crippen LogP contribution in [0.4, 0.5) is 17.5 Å². The van der Waals surface area contributed by atoms with E-state index in [-0.39, 0.29) is 12.0 Å². The van der Waals surface area contributed by atoms with Crippen LogP contribution in [0.1, 0.15) is 11.1 Å². The van der Waals surface area contributed by atoms with Gasteiger partial charge in [-0.3, -0.25) is 5.10 Å². The Morgan fingerprint density at radius 3 is 2.79 bits per heavy atom. The summed E-state index contributed by atoms with van der Waals surface area (Å²) in [4.78, 5) is 11.0. The van der Waals surface area contributed by atoms with Crippen LogP contribution in [0.2, 0.25) is 0 Å². The van der Waals surface area contributed by atoms with Gasteiger partial charge >= 0.3 is 0 Å². The maximum absolute atomic E-state index is 5.87. The summed E-state index contributed by atoms with van der Waals surface area (Å²) in [5, 5.41) is 11.4. The molecule has 0 radical (unpaired) electrons. The molecule has 7 nitrogen and oxygen atoms in total. The van der Waals surface area contributed by atoms with Crippen LogP contribution >= 0.6 is 0 Å². The Hall–Kier alpha value is -3.61. The van der Waals surface area contributed by atoms with Gasteiger partial charge in [0.05, 0.1) is 11.6 Å². The zero-order valence-electron chi connectivity index (χ0n) is 15.3. The van der Waals surface area contributed by atoms with Crippen molar-refractivity contribution in [3.63, 3.8) is 0 Å². The third kappa shape index (κ3) is 3.11. The molecule has 0 saturated carbocycles. The number of para-hydroxylation sites is 1. The number of rotatable bonds is 4. The van der Waals surface area contributed by atoms with Crippen molar-refractivity contribution in [2.75, 3.05) is 22.5 Å². The van der Waals surface area contributed by atoms with Crippen LogP contribution < -0.4 is 16.0 Å². The van der Waals surface area contributed by atoms with E-state index in [0.29, 0.717) is 5.65 Å². The number of hydrogen-bond acceptors (Lipinski definition) is 6. The average Bonchev–Trinajstić information content (AvgIpc) is 3.17. The minimum Gasteiger partial charge on any atom is -0.368 e. The number of hydrogen-bond donors (Lipinski definition) is 3. The van der Waals surface area contributed by atoms with Crippen molar-refractivity contribution >= 4 is 28.5 Å². The van der Waals surface area contributed by atoms with Gasteiger partial charge in [0.2, 0.25) is 5.95 Å². The van der Waals surface area contributed by atoms with Crippen LogP contribution in [-0.4, -0.2) is 32.8 Å². The quantitative estimate of drug-likeness (QED) is 0.510. The number of fused-ring (bicyclic) bond motifs is 2. The summed E-state index contributed by atoms with van der Waals surface area (Å²) in [6, 6.07) is 19.3. The Kier molecular flexibility index (Phi) is 4.05. The second-order valence-corrected chi connectivity index (χ2v) is 7.10. The van der Waals surface area contributed by atoms with E-state index >= 15 is 0 Å². The maximum atomic E-state index is 5.87. The van der Waals surface area contributed by atoms with E-state index in [9.17, 15) is 0 Å². The van der Waals surface area contributed by atoms with Crippen molar-refractivity contribution in [2.45, 2.75) is 19.0 Å². The molecule has 0 spiro atoms. The topological polar surface area (TPSA) is 95.7 Å². The lowest BCUT2D eigenvalue weighted by Crippen LogP contribution is -2.42. The van der Waals surface area contributed by atoms with Crippen LogP contribution in [0, 0.1) is 0 Å². The summed E-state index contributed by atoms with van der Waals surface area (Å²) in [5.74, 6) is 0.955. The van der Waals surface area contributed by atoms with Gasteiger partial charge in [0.25, 0.3) is 0 Å². The van der Waals surface area contributed by atoms with Gasteiger partial charge < -0.3 is 16.0 Å². The first-order valence-electron chi connectivity index (χ1n) is 9.36. The highest BCUT2D eigenvalue weighted by Crippen LogP contribution is 2.30. The molecule has 2 aromatic heterocycles. The molecule has 3 heterocycles. The number of nitrogens with two attached hydrogens (primary N) is 1. The monoisotopic (exact) mass is 371 g/mol. The van der Waals surface area contributed by atoms with E-state index in [0.717, 1.165) is 30.7 Å². The average molecular weight is 371 g/mol. The minimum atomic E-state index is 0.200. The van der Waals surface area contributed by atoms with Gasteiger partial charge in [-0.15, -0.1) is 0 Å². The molecule has 2 aromatic carbocycles. The van der Waals surface area contributed by atoms with Crippen molar-refractivity contribution in [3.8, 4) is 0 Å². The fraction of sp³-hybridized carbons (Fsp3) is 0.190. The van der Waals surface area contributed by atoms with E-state index in [1.54, 1.807) is 6.20 Å². The molecule has 4 aromatic rings. The van der Waals surface area contributed by atoms with Crippen molar-refractivity contribution in [1.82, 2.24) is 20.2 Å². The molecule has 0 bridgehead atoms. The molecule has 28 heavy (non-hydrogen) atoms. The number of aromatic nitrogens is 4. The number of benzene rings is 2. The molecular weight excluding hydrogens is 350 g/mol. The number of anilines is 3. The Balaban J connectivity index is 1.45. The van der Waals surface area contributed by atoms with E-state index in [4.69, 9.17) is 5.73 Å². The van der Waals surface area contributed by atoms with Crippen LogP contribution in [0.25, 0.3) is 11.0 Å². The van der Waals surface area contributed by atoms with Crippen molar-refractivity contribution in [1.29, 1.82) is 0 Å². The fourth-order valence-corrected chi connectivity index (χ4v) is 3.89. The summed E-state index contributed by atoms with van der Waals surface area (Å²) in [6.07, 6.45) is 2.65. The summed E-state index contributed by atoms with van der Waals surface area (Å²) in [5.41, 5.74) is 10.4.